The largest absolute Gasteiger partial charge is 0.510 e. The van der Waals surface area contributed by atoms with E-state index in [4.69, 9.17) is 13.6 Å². The smallest absolute Gasteiger partial charge is 0.481 e. The Balaban J connectivity index is 2.69. The number of carbonyl (C=O) groups excluding carboxylic acids is 2. The van der Waals surface area contributed by atoms with Gasteiger partial charge >= 0.3 is 8.56 Å². The van der Waals surface area contributed by atoms with Crippen LogP contribution in [0.15, 0.2) is 24.3 Å². The monoisotopic (exact) mass is 336 g/mol. The SMILES string of the molecule is CCc1ccccc1[Si](OC(C)=O)(OC(C)=O)C1(CC)COC1. The fourth-order valence-electron chi connectivity index (χ4n) is 3.16. The average molecular weight is 336 g/mol. The van der Waals surface area contributed by atoms with Crippen LogP contribution in [-0.4, -0.2) is 33.7 Å². The lowest BCUT2D eigenvalue weighted by Gasteiger charge is -2.50. The Labute approximate surface area is 138 Å². The van der Waals surface area contributed by atoms with Gasteiger partial charge in [0.05, 0.1) is 18.3 Å². The second-order valence-electron chi connectivity index (χ2n) is 5.94. The zero-order chi connectivity index (χ0) is 17.1. The number of benzene rings is 1. The maximum Gasteiger partial charge on any atom is 0.510 e. The van der Waals surface area contributed by atoms with Gasteiger partial charge in [-0.1, -0.05) is 38.1 Å². The Morgan fingerprint density at radius 3 is 2.09 bits per heavy atom. The zero-order valence-corrected chi connectivity index (χ0v) is 15.2. The molecule has 23 heavy (non-hydrogen) atoms. The van der Waals surface area contributed by atoms with E-state index in [0.717, 1.165) is 23.6 Å². The third-order valence-electron chi connectivity index (χ3n) is 4.46. The fourth-order valence-corrected chi connectivity index (χ4v) is 7.29. The summed E-state index contributed by atoms with van der Waals surface area (Å²) in [4.78, 5) is 23.8. The van der Waals surface area contributed by atoms with Gasteiger partial charge in [0, 0.05) is 19.0 Å². The van der Waals surface area contributed by atoms with E-state index in [0.29, 0.717) is 13.2 Å². The maximum absolute atomic E-state index is 11.9. The molecule has 1 saturated heterocycles. The van der Waals surface area contributed by atoms with E-state index in [2.05, 4.69) is 0 Å². The lowest BCUT2D eigenvalue weighted by molar-refractivity contribution is -0.142. The number of hydrogen-bond acceptors (Lipinski definition) is 5. The molecule has 0 spiro atoms. The van der Waals surface area contributed by atoms with Gasteiger partial charge in [-0.15, -0.1) is 0 Å². The van der Waals surface area contributed by atoms with Gasteiger partial charge in [0.15, 0.2) is 0 Å². The Kier molecular flexibility index (Phi) is 5.26. The minimum absolute atomic E-state index is 0.427. The Morgan fingerprint density at radius 2 is 1.70 bits per heavy atom. The van der Waals surface area contributed by atoms with Crippen molar-refractivity contribution in [1.82, 2.24) is 0 Å². The van der Waals surface area contributed by atoms with Gasteiger partial charge in [0.25, 0.3) is 11.9 Å². The van der Waals surface area contributed by atoms with Crippen molar-refractivity contribution >= 4 is 25.7 Å². The molecule has 126 valence electrons. The first-order valence-corrected chi connectivity index (χ1v) is 9.77. The van der Waals surface area contributed by atoms with Crippen LogP contribution >= 0.6 is 0 Å². The quantitative estimate of drug-likeness (QED) is 0.745. The topological polar surface area (TPSA) is 61.8 Å². The summed E-state index contributed by atoms with van der Waals surface area (Å²) in [5.41, 5.74) is 1.04. The lowest BCUT2D eigenvalue weighted by atomic mass is 10.0. The van der Waals surface area contributed by atoms with Crippen LogP contribution in [0.5, 0.6) is 0 Å². The summed E-state index contributed by atoms with van der Waals surface area (Å²) < 4.78 is 17.2. The molecule has 0 saturated carbocycles. The van der Waals surface area contributed by atoms with Crippen LogP contribution in [0.25, 0.3) is 0 Å². The van der Waals surface area contributed by atoms with Crippen molar-refractivity contribution in [3.05, 3.63) is 29.8 Å². The Hall–Kier alpha value is -1.66. The Morgan fingerprint density at radius 1 is 1.13 bits per heavy atom. The van der Waals surface area contributed by atoms with Crippen molar-refractivity contribution in [1.29, 1.82) is 0 Å². The number of hydrogen-bond donors (Lipinski definition) is 0. The van der Waals surface area contributed by atoms with E-state index in [1.54, 1.807) is 0 Å². The molecule has 0 radical (unpaired) electrons. The average Bonchev–Trinajstić information content (AvgIpc) is 2.45. The molecule has 1 aromatic rings. The molecule has 1 heterocycles. The van der Waals surface area contributed by atoms with E-state index in [9.17, 15) is 9.59 Å². The molecule has 0 unspecified atom stereocenters. The maximum atomic E-state index is 11.9. The van der Waals surface area contributed by atoms with Gasteiger partial charge < -0.3 is 13.6 Å². The molecule has 5 nitrogen and oxygen atoms in total. The fraction of sp³-hybridized carbons (Fsp3) is 0.529. The first-order valence-electron chi connectivity index (χ1n) is 7.96. The minimum atomic E-state index is -3.35. The van der Waals surface area contributed by atoms with Crippen LogP contribution in [-0.2, 0) is 29.6 Å². The van der Waals surface area contributed by atoms with Crippen LogP contribution in [0.4, 0.5) is 0 Å². The van der Waals surface area contributed by atoms with Gasteiger partial charge in [0.1, 0.15) is 0 Å². The molecule has 0 bridgehead atoms. The van der Waals surface area contributed by atoms with Crippen molar-refractivity contribution in [3.8, 4) is 0 Å². The number of aryl methyl sites for hydroxylation is 1. The molecule has 1 aliphatic rings. The van der Waals surface area contributed by atoms with Gasteiger partial charge in [-0.2, -0.15) is 0 Å². The summed E-state index contributed by atoms with van der Waals surface area (Å²) in [6.45, 7) is 7.66. The van der Waals surface area contributed by atoms with Crippen molar-refractivity contribution in [2.24, 2.45) is 0 Å². The normalized spacial score (nSPS) is 16.3. The Bertz CT molecular complexity index is 573. The molecule has 1 aliphatic heterocycles. The van der Waals surface area contributed by atoms with Crippen LogP contribution in [0.2, 0.25) is 5.04 Å². The number of carbonyl (C=O) groups is 2. The molecule has 0 N–H and O–H groups in total. The standard InChI is InChI=1S/C17H24O5Si/c1-5-15-9-7-8-10-16(15)23(21-13(3)18,22-14(4)19)17(6-2)11-20-12-17/h7-10H,5-6,11-12H2,1-4H3. The van der Waals surface area contributed by atoms with Gasteiger partial charge in [-0.3, -0.25) is 9.59 Å². The van der Waals surface area contributed by atoms with E-state index in [1.807, 2.05) is 38.1 Å². The zero-order valence-electron chi connectivity index (χ0n) is 14.2. The van der Waals surface area contributed by atoms with Gasteiger partial charge in [0.2, 0.25) is 0 Å². The predicted molar refractivity (Wildman–Crippen MR) is 88.5 cm³/mol. The third-order valence-corrected chi connectivity index (χ3v) is 8.84. The molecule has 0 aromatic heterocycles. The molecule has 0 atom stereocenters. The number of ether oxygens (including phenoxy) is 1. The van der Waals surface area contributed by atoms with Gasteiger partial charge in [-0.25, -0.2) is 0 Å². The molecule has 0 aliphatic carbocycles. The molecular formula is C17H24O5Si. The highest BCUT2D eigenvalue weighted by Crippen LogP contribution is 2.49. The summed E-state index contributed by atoms with van der Waals surface area (Å²) in [5.74, 6) is -0.855. The first kappa shape index (κ1) is 17.7. The van der Waals surface area contributed by atoms with Crippen LogP contribution in [0, 0.1) is 0 Å². The number of rotatable bonds is 6. The molecule has 6 heteroatoms. The highest BCUT2D eigenvalue weighted by molar-refractivity contribution is 6.86. The summed E-state index contributed by atoms with van der Waals surface area (Å²) >= 11 is 0. The second kappa shape index (κ2) is 6.84. The lowest BCUT2D eigenvalue weighted by Crippen LogP contribution is -2.70. The van der Waals surface area contributed by atoms with Crippen molar-refractivity contribution < 1.29 is 23.2 Å². The molecule has 0 amide bonds. The van der Waals surface area contributed by atoms with E-state index >= 15 is 0 Å². The second-order valence-corrected chi connectivity index (χ2v) is 9.18. The molecule has 1 aromatic carbocycles. The van der Waals surface area contributed by atoms with Crippen molar-refractivity contribution in [3.63, 3.8) is 0 Å². The third kappa shape index (κ3) is 3.05. The van der Waals surface area contributed by atoms with E-state index in [1.165, 1.54) is 13.8 Å². The van der Waals surface area contributed by atoms with E-state index in [-0.39, 0.29) is 0 Å². The highest BCUT2D eigenvalue weighted by atomic mass is 28.4. The molecular weight excluding hydrogens is 312 g/mol. The summed E-state index contributed by atoms with van der Waals surface area (Å²) in [7, 11) is -3.35. The van der Waals surface area contributed by atoms with Crippen molar-refractivity contribution in [2.75, 3.05) is 13.2 Å². The van der Waals surface area contributed by atoms with Crippen LogP contribution in [0.3, 0.4) is 0 Å². The highest BCUT2D eigenvalue weighted by Gasteiger charge is 2.67. The predicted octanol–water partition coefficient (Wildman–Crippen LogP) is 2.21. The molecule has 1 fully saturated rings. The van der Waals surface area contributed by atoms with E-state index < -0.39 is 25.5 Å². The summed E-state index contributed by atoms with van der Waals surface area (Å²) in [6.07, 6.45) is 1.49. The summed E-state index contributed by atoms with van der Waals surface area (Å²) in [6, 6.07) is 7.75. The van der Waals surface area contributed by atoms with Gasteiger partial charge in [-0.05, 0) is 18.4 Å². The van der Waals surface area contributed by atoms with Crippen molar-refractivity contribution in [2.45, 2.75) is 45.6 Å². The van der Waals surface area contributed by atoms with Crippen LogP contribution < -0.4 is 5.19 Å². The van der Waals surface area contributed by atoms with Crippen LogP contribution in [0.1, 0.15) is 39.7 Å². The minimum Gasteiger partial charge on any atom is -0.481 e. The molecule has 2 rings (SSSR count). The first-order chi connectivity index (χ1) is 10.9. The summed E-state index contributed by atoms with van der Waals surface area (Å²) in [5, 5.41) is 0.424.